The van der Waals surface area contributed by atoms with Crippen LogP contribution in [0.2, 0.25) is 0 Å². The number of non-ortho nitro benzene ring substituents is 1. The van der Waals surface area contributed by atoms with Crippen LogP contribution in [0.15, 0.2) is 54.6 Å². The number of likely N-dealkylation sites (tertiary alicyclic amines) is 1. The molecule has 1 aliphatic heterocycles. The number of rotatable bonds is 4. The van der Waals surface area contributed by atoms with Crippen molar-refractivity contribution in [2.24, 2.45) is 0 Å². The molecule has 0 unspecified atom stereocenters. The predicted octanol–water partition coefficient (Wildman–Crippen LogP) is 3.85. The van der Waals surface area contributed by atoms with Gasteiger partial charge in [0, 0.05) is 24.8 Å². The summed E-state index contributed by atoms with van der Waals surface area (Å²) in [4.78, 5) is 32.7. The van der Waals surface area contributed by atoms with E-state index in [1.54, 1.807) is 18.2 Å². The van der Waals surface area contributed by atoms with Crippen LogP contribution in [0.5, 0.6) is 0 Å². The molecule has 2 heterocycles. The topological polar surface area (TPSA) is 92.1 Å². The molecule has 1 N–H and O–H groups in total. The number of H-pyrrole nitrogens is 1. The Balaban J connectivity index is 1.51. The molecule has 3 aromatic rings. The highest BCUT2D eigenvalue weighted by Crippen LogP contribution is 2.31. The van der Waals surface area contributed by atoms with Crippen molar-refractivity contribution < 1.29 is 9.72 Å². The van der Waals surface area contributed by atoms with E-state index in [1.807, 2.05) is 29.2 Å². The summed E-state index contributed by atoms with van der Waals surface area (Å²) >= 11 is 0. The first-order valence-corrected chi connectivity index (χ1v) is 8.79. The minimum atomic E-state index is -0.444. The first-order valence-electron chi connectivity index (χ1n) is 8.79. The third kappa shape index (κ3) is 3.44. The van der Waals surface area contributed by atoms with Crippen LogP contribution in [-0.2, 0) is 4.79 Å². The van der Waals surface area contributed by atoms with Gasteiger partial charge < -0.3 is 9.88 Å². The van der Waals surface area contributed by atoms with E-state index < -0.39 is 4.92 Å². The van der Waals surface area contributed by atoms with Crippen LogP contribution in [0, 0.1) is 10.1 Å². The fraction of sp³-hybridized carbons (Fsp3) is 0.200. The number of nitrogens with one attached hydrogen (secondary N) is 1. The lowest BCUT2D eigenvalue weighted by atomic mass is 10.2. The summed E-state index contributed by atoms with van der Waals surface area (Å²) in [7, 11) is 0. The minimum absolute atomic E-state index is 0.0305. The number of aromatic nitrogens is 2. The van der Waals surface area contributed by atoms with Crippen LogP contribution >= 0.6 is 0 Å². The van der Waals surface area contributed by atoms with E-state index in [4.69, 9.17) is 0 Å². The molecule has 27 heavy (non-hydrogen) atoms. The standard InChI is InChI=1S/C20H18N4O3/c25-19(12-9-14-7-10-15(11-8-14)24(26)27)23-13-3-6-18(23)20-21-16-4-1-2-5-17(16)22-20/h1-2,4-5,7-12,18H,3,6,13H2,(H,21,22)/b12-9-/t18-/m0/s1. The number of aromatic amines is 1. The number of nitrogens with zero attached hydrogens (tertiary/aromatic N) is 3. The number of imidazole rings is 1. The zero-order valence-corrected chi connectivity index (χ0v) is 14.5. The van der Waals surface area contributed by atoms with Crippen molar-refractivity contribution in [2.75, 3.05) is 6.54 Å². The molecule has 0 saturated carbocycles. The number of nitro groups is 1. The van der Waals surface area contributed by atoms with Crippen molar-refractivity contribution >= 4 is 28.7 Å². The minimum Gasteiger partial charge on any atom is -0.340 e. The summed E-state index contributed by atoms with van der Waals surface area (Å²) in [5.74, 6) is 0.724. The summed E-state index contributed by atoms with van der Waals surface area (Å²) in [6, 6.07) is 13.9. The number of carbonyl (C=O) groups excluding carboxylic acids is 1. The normalized spacial score (nSPS) is 17.0. The highest BCUT2D eigenvalue weighted by atomic mass is 16.6. The summed E-state index contributed by atoms with van der Waals surface area (Å²) < 4.78 is 0. The predicted molar refractivity (Wildman–Crippen MR) is 102 cm³/mol. The molecule has 1 saturated heterocycles. The maximum Gasteiger partial charge on any atom is 0.269 e. The van der Waals surface area contributed by atoms with Crippen molar-refractivity contribution in [3.05, 3.63) is 76.1 Å². The van der Waals surface area contributed by atoms with E-state index in [2.05, 4.69) is 9.97 Å². The molecule has 2 aromatic carbocycles. The van der Waals surface area contributed by atoms with Crippen LogP contribution < -0.4 is 0 Å². The fourth-order valence-electron chi connectivity index (χ4n) is 3.42. The maximum absolute atomic E-state index is 12.7. The van der Waals surface area contributed by atoms with Crippen molar-refractivity contribution in [1.29, 1.82) is 0 Å². The molecular formula is C20H18N4O3. The number of carbonyl (C=O) groups is 1. The SMILES string of the molecule is O=C(/C=C\c1ccc([N+](=O)[O-])cc1)N1CCC[C@H]1c1nc2ccccc2[nH]1. The first-order chi connectivity index (χ1) is 13.1. The number of nitro benzene ring substituents is 1. The molecule has 1 aromatic heterocycles. The Hall–Kier alpha value is -3.48. The van der Waals surface area contributed by atoms with Gasteiger partial charge in [0.15, 0.2) is 0 Å². The quantitative estimate of drug-likeness (QED) is 0.433. The molecule has 0 radical (unpaired) electrons. The Bertz CT molecular complexity index is 990. The zero-order valence-electron chi connectivity index (χ0n) is 14.5. The van der Waals surface area contributed by atoms with Crippen molar-refractivity contribution in [2.45, 2.75) is 18.9 Å². The van der Waals surface area contributed by atoms with Gasteiger partial charge in [-0.15, -0.1) is 0 Å². The molecule has 7 heteroatoms. The summed E-state index contributed by atoms with van der Waals surface area (Å²) in [5, 5.41) is 10.7. The van der Waals surface area contributed by atoms with E-state index in [0.29, 0.717) is 6.54 Å². The molecular weight excluding hydrogens is 344 g/mol. The lowest BCUT2D eigenvalue weighted by Gasteiger charge is -2.21. The molecule has 0 spiro atoms. The van der Waals surface area contributed by atoms with Gasteiger partial charge in [0.1, 0.15) is 5.82 Å². The van der Waals surface area contributed by atoms with E-state index in [1.165, 1.54) is 18.2 Å². The molecule has 1 fully saturated rings. The number of fused-ring (bicyclic) bond motifs is 1. The summed E-state index contributed by atoms with van der Waals surface area (Å²) in [6.45, 7) is 0.686. The number of benzene rings is 2. The van der Waals surface area contributed by atoms with Gasteiger partial charge >= 0.3 is 0 Å². The molecule has 1 amide bonds. The molecule has 0 bridgehead atoms. The van der Waals surface area contributed by atoms with E-state index in [-0.39, 0.29) is 17.6 Å². The molecule has 4 rings (SSSR count). The molecule has 1 aliphatic rings. The Morgan fingerprint density at radius 1 is 1.22 bits per heavy atom. The zero-order chi connectivity index (χ0) is 18.8. The third-order valence-corrected chi connectivity index (χ3v) is 4.78. The second kappa shape index (κ2) is 7.03. The Morgan fingerprint density at radius 2 is 2.00 bits per heavy atom. The Kier molecular flexibility index (Phi) is 4.42. The first kappa shape index (κ1) is 17.0. The second-order valence-corrected chi connectivity index (χ2v) is 6.51. The van der Waals surface area contributed by atoms with Gasteiger partial charge in [0.2, 0.25) is 5.91 Å². The van der Waals surface area contributed by atoms with Crippen LogP contribution in [-0.4, -0.2) is 32.2 Å². The highest BCUT2D eigenvalue weighted by molar-refractivity contribution is 5.92. The van der Waals surface area contributed by atoms with Crippen LogP contribution in [0.25, 0.3) is 17.1 Å². The van der Waals surface area contributed by atoms with Crippen molar-refractivity contribution in [3.8, 4) is 0 Å². The second-order valence-electron chi connectivity index (χ2n) is 6.51. The molecule has 136 valence electrons. The van der Waals surface area contributed by atoms with Gasteiger partial charge in [-0.3, -0.25) is 14.9 Å². The van der Waals surface area contributed by atoms with Crippen molar-refractivity contribution in [1.82, 2.24) is 14.9 Å². The Morgan fingerprint density at radius 3 is 2.74 bits per heavy atom. The van der Waals surface area contributed by atoms with Gasteiger partial charge in [-0.25, -0.2) is 4.98 Å². The number of hydrogen-bond donors (Lipinski definition) is 1. The highest BCUT2D eigenvalue weighted by Gasteiger charge is 2.31. The molecule has 0 aliphatic carbocycles. The third-order valence-electron chi connectivity index (χ3n) is 4.78. The maximum atomic E-state index is 12.7. The lowest BCUT2D eigenvalue weighted by molar-refractivity contribution is -0.384. The van der Waals surface area contributed by atoms with Crippen LogP contribution in [0.1, 0.15) is 30.3 Å². The van der Waals surface area contributed by atoms with Gasteiger partial charge in [0.05, 0.1) is 22.0 Å². The van der Waals surface area contributed by atoms with Crippen LogP contribution in [0.3, 0.4) is 0 Å². The average molecular weight is 362 g/mol. The van der Waals surface area contributed by atoms with E-state index in [0.717, 1.165) is 35.3 Å². The summed E-state index contributed by atoms with van der Waals surface area (Å²) in [5.41, 5.74) is 2.64. The monoisotopic (exact) mass is 362 g/mol. The van der Waals surface area contributed by atoms with Crippen LogP contribution in [0.4, 0.5) is 5.69 Å². The van der Waals surface area contributed by atoms with Gasteiger partial charge in [-0.05, 0) is 48.7 Å². The Labute approximate surface area is 155 Å². The largest absolute Gasteiger partial charge is 0.340 e. The van der Waals surface area contributed by atoms with Gasteiger partial charge in [-0.1, -0.05) is 12.1 Å². The number of para-hydroxylation sites is 2. The lowest BCUT2D eigenvalue weighted by Crippen LogP contribution is -2.29. The van der Waals surface area contributed by atoms with Gasteiger partial charge in [0.25, 0.3) is 5.69 Å². The average Bonchev–Trinajstić information content (AvgIpc) is 3.32. The smallest absolute Gasteiger partial charge is 0.269 e. The van der Waals surface area contributed by atoms with Crippen molar-refractivity contribution in [3.63, 3.8) is 0 Å². The number of hydrogen-bond acceptors (Lipinski definition) is 4. The fourth-order valence-corrected chi connectivity index (χ4v) is 3.42. The molecule has 1 atom stereocenters. The van der Waals surface area contributed by atoms with E-state index in [9.17, 15) is 14.9 Å². The van der Waals surface area contributed by atoms with E-state index >= 15 is 0 Å². The molecule has 7 nitrogen and oxygen atoms in total. The number of amides is 1. The van der Waals surface area contributed by atoms with Gasteiger partial charge in [-0.2, -0.15) is 0 Å². The summed E-state index contributed by atoms with van der Waals surface area (Å²) in [6.07, 6.45) is 5.00.